The van der Waals surface area contributed by atoms with Gasteiger partial charge in [0.15, 0.2) is 0 Å². The predicted molar refractivity (Wildman–Crippen MR) is 133 cm³/mol. The van der Waals surface area contributed by atoms with Crippen LogP contribution in [0.15, 0.2) is 53.9 Å². The van der Waals surface area contributed by atoms with Gasteiger partial charge >= 0.3 is 11.9 Å². The van der Waals surface area contributed by atoms with Gasteiger partial charge in [-0.1, -0.05) is 12.1 Å². The Morgan fingerprint density at radius 3 is 1.97 bits per heavy atom. The van der Waals surface area contributed by atoms with Gasteiger partial charge in [0.25, 0.3) is 0 Å². The molecule has 2 aromatic carbocycles. The molecule has 0 atom stereocenters. The van der Waals surface area contributed by atoms with Crippen molar-refractivity contribution in [3.05, 3.63) is 76.1 Å². The number of carboxylic acid groups (broad SMARTS) is 2. The summed E-state index contributed by atoms with van der Waals surface area (Å²) in [5, 5.41) is 20.7. The van der Waals surface area contributed by atoms with E-state index in [4.69, 9.17) is 19.8 Å². The summed E-state index contributed by atoms with van der Waals surface area (Å²) in [4.78, 5) is 39.6. The van der Waals surface area contributed by atoms with Gasteiger partial charge in [0.05, 0.1) is 18.8 Å². The second kappa shape index (κ2) is 13.5. The number of nitrogens with zero attached hydrogens (tertiary/aromatic N) is 3. The van der Waals surface area contributed by atoms with Crippen LogP contribution >= 0.6 is 11.3 Å². The molecule has 0 unspecified atom stereocenters. The van der Waals surface area contributed by atoms with Crippen molar-refractivity contribution in [2.24, 2.45) is 0 Å². The molecule has 0 bridgehead atoms. The Bertz CT molecular complexity index is 1180. The number of piperazine rings is 1. The van der Waals surface area contributed by atoms with Crippen molar-refractivity contribution >= 4 is 29.2 Å². The van der Waals surface area contributed by atoms with E-state index in [0.717, 1.165) is 54.6 Å². The normalized spacial score (nSPS) is 13.9. The molecule has 9 nitrogen and oxygen atoms in total. The minimum Gasteiger partial charge on any atom is -0.473 e. The van der Waals surface area contributed by atoms with E-state index in [0.29, 0.717) is 13.1 Å². The Kier molecular flexibility index (Phi) is 10.2. The molecule has 37 heavy (non-hydrogen) atoms. The van der Waals surface area contributed by atoms with Gasteiger partial charge in [-0.25, -0.2) is 23.4 Å². The van der Waals surface area contributed by atoms with Gasteiger partial charge < -0.3 is 15.5 Å². The molecule has 1 aliphatic rings. The molecule has 4 rings (SSSR count). The average molecular weight is 533 g/mol. The van der Waals surface area contributed by atoms with E-state index < -0.39 is 11.9 Å². The van der Waals surface area contributed by atoms with Crippen LogP contribution in [0.4, 0.5) is 8.78 Å². The van der Waals surface area contributed by atoms with Gasteiger partial charge in [0, 0.05) is 43.7 Å². The minimum absolute atomic E-state index is 0.0263. The van der Waals surface area contributed by atoms with E-state index in [1.807, 2.05) is 5.38 Å². The molecule has 2 heterocycles. The zero-order valence-electron chi connectivity index (χ0n) is 19.8. The molecule has 0 aliphatic carbocycles. The van der Waals surface area contributed by atoms with Crippen LogP contribution in [0.3, 0.4) is 0 Å². The first-order valence-corrected chi connectivity index (χ1v) is 12.2. The van der Waals surface area contributed by atoms with Crippen molar-refractivity contribution in [1.29, 1.82) is 0 Å². The van der Waals surface area contributed by atoms with Crippen molar-refractivity contribution in [2.75, 3.05) is 32.7 Å². The molecule has 1 fully saturated rings. The smallest absolute Gasteiger partial charge is 0.414 e. The minimum atomic E-state index is -1.82. The number of rotatable bonds is 7. The SMILES string of the molecule is O=C(CN1CCN(Cc2nc(-c3ccc(F)cc3)cs2)CC1)NCc1ccc(F)cc1.O=C(O)C(=O)O. The molecule has 0 spiro atoms. The van der Waals surface area contributed by atoms with E-state index in [9.17, 15) is 13.6 Å². The fourth-order valence-electron chi connectivity index (χ4n) is 3.50. The van der Waals surface area contributed by atoms with Gasteiger partial charge in [-0.2, -0.15) is 0 Å². The van der Waals surface area contributed by atoms with Crippen molar-refractivity contribution in [1.82, 2.24) is 20.1 Å². The largest absolute Gasteiger partial charge is 0.473 e. The summed E-state index contributed by atoms with van der Waals surface area (Å²) >= 11 is 1.61. The van der Waals surface area contributed by atoms with Crippen molar-refractivity contribution in [3.8, 4) is 11.3 Å². The quantitative estimate of drug-likeness (QED) is 0.397. The number of carbonyl (C=O) groups excluding carboxylic acids is 1. The lowest BCUT2D eigenvalue weighted by molar-refractivity contribution is -0.159. The molecule has 1 amide bonds. The summed E-state index contributed by atoms with van der Waals surface area (Å²) in [6.07, 6.45) is 0. The van der Waals surface area contributed by atoms with E-state index in [1.54, 1.807) is 35.6 Å². The van der Waals surface area contributed by atoms with Crippen LogP contribution in [0.25, 0.3) is 11.3 Å². The van der Waals surface area contributed by atoms with Gasteiger partial charge in [0.2, 0.25) is 5.91 Å². The molecule has 0 saturated carbocycles. The first-order chi connectivity index (χ1) is 17.7. The number of hydrogen-bond donors (Lipinski definition) is 3. The van der Waals surface area contributed by atoms with Crippen LogP contribution in [-0.2, 0) is 27.5 Å². The summed E-state index contributed by atoms with van der Waals surface area (Å²) in [5.74, 6) is -4.20. The number of amides is 1. The van der Waals surface area contributed by atoms with Crippen LogP contribution < -0.4 is 5.32 Å². The highest BCUT2D eigenvalue weighted by molar-refractivity contribution is 7.09. The first-order valence-electron chi connectivity index (χ1n) is 11.3. The molecule has 1 aliphatic heterocycles. The van der Waals surface area contributed by atoms with Crippen molar-refractivity contribution < 1.29 is 33.4 Å². The standard InChI is InChI=1S/C23H24F2N4OS.C2H2O4/c24-19-5-1-17(2-6-19)13-26-22(30)14-28-9-11-29(12-10-28)15-23-27-21(16-31-23)18-3-7-20(25)8-4-18;3-1(4)2(5)6/h1-8,16H,9-15H2,(H,26,30);(H,3,4)(H,5,6). The van der Waals surface area contributed by atoms with Crippen LogP contribution in [0.1, 0.15) is 10.6 Å². The monoisotopic (exact) mass is 532 g/mol. The zero-order chi connectivity index (χ0) is 26.8. The fraction of sp³-hybridized carbons (Fsp3) is 0.280. The van der Waals surface area contributed by atoms with Crippen LogP contribution in [0, 0.1) is 11.6 Å². The maximum atomic E-state index is 13.1. The van der Waals surface area contributed by atoms with Gasteiger partial charge in [-0.05, 0) is 42.0 Å². The van der Waals surface area contributed by atoms with Gasteiger partial charge in [0.1, 0.15) is 16.6 Å². The Labute approximate surface area is 216 Å². The number of carboxylic acids is 2. The van der Waals surface area contributed by atoms with Crippen molar-refractivity contribution in [2.45, 2.75) is 13.1 Å². The molecule has 0 radical (unpaired) electrons. The molecule has 196 valence electrons. The third-order valence-electron chi connectivity index (χ3n) is 5.47. The summed E-state index contributed by atoms with van der Waals surface area (Å²) < 4.78 is 26.0. The summed E-state index contributed by atoms with van der Waals surface area (Å²) in [7, 11) is 0. The molecule has 12 heteroatoms. The second-order valence-corrected chi connectivity index (χ2v) is 9.14. The lowest BCUT2D eigenvalue weighted by Gasteiger charge is -2.33. The van der Waals surface area contributed by atoms with E-state index in [-0.39, 0.29) is 17.5 Å². The van der Waals surface area contributed by atoms with Crippen LogP contribution in [0.5, 0.6) is 0 Å². The van der Waals surface area contributed by atoms with Crippen LogP contribution in [0.2, 0.25) is 0 Å². The molecule has 1 saturated heterocycles. The van der Waals surface area contributed by atoms with Crippen LogP contribution in [-0.4, -0.2) is 75.6 Å². The first kappa shape index (κ1) is 27.8. The number of nitrogens with one attached hydrogen (secondary N) is 1. The lowest BCUT2D eigenvalue weighted by Crippen LogP contribution is -2.49. The zero-order valence-corrected chi connectivity index (χ0v) is 20.6. The number of aromatic nitrogens is 1. The van der Waals surface area contributed by atoms with Gasteiger partial charge in [-0.3, -0.25) is 14.6 Å². The molecule has 3 aromatic rings. The van der Waals surface area contributed by atoms with Crippen molar-refractivity contribution in [3.63, 3.8) is 0 Å². The molecule has 1 aromatic heterocycles. The number of hydrogen-bond acceptors (Lipinski definition) is 7. The number of halogens is 2. The molecule has 3 N–H and O–H groups in total. The Hall–Kier alpha value is -3.74. The molecular weight excluding hydrogens is 506 g/mol. The van der Waals surface area contributed by atoms with E-state index >= 15 is 0 Å². The average Bonchev–Trinajstić information content (AvgIpc) is 3.34. The maximum absolute atomic E-state index is 13.1. The summed E-state index contributed by atoms with van der Waals surface area (Å²) in [6, 6.07) is 12.5. The topological polar surface area (TPSA) is 123 Å². The number of carbonyl (C=O) groups is 3. The Balaban J connectivity index is 0.000000568. The predicted octanol–water partition coefficient (Wildman–Crippen LogP) is 2.68. The van der Waals surface area contributed by atoms with E-state index in [2.05, 4.69) is 20.1 Å². The lowest BCUT2D eigenvalue weighted by atomic mass is 10.2. The third kappa shape index (κ3) is 9.33. The third-order valence-corrected chi connectivity index (χ3v) is 6.30. The summed E-state index contributed by atoms with van der Waals surface area (Å²) in [6.45, 7) is 4.92. The molecular formula is C25H26F2N4O5S. The Morgan fingerprint density at radius 2 is 1.41 bits per heavy atom. The highest BCUT2D eigenvalue weighted by atomic mass is 32.1. The number of aliphatic carboxylic acids is 2. The summed E-state index contributed by atoms with van der Waals surface area (Å²) in [5.41, 5.74) is 2.67. The highest BCUT2D eigenvalue weighted by Crippen LogP contribution is 2.23. The van der Waals surface area contributed by atoms with E-state index in [1.165, 1.54) is 24.3 Å². The second-order valence-electron chi connectivity index (χ2n) is 8.20. The maximum Gasteiger partial charge on any atom is 0.414 e. The van der Waals surface area contributed by atoms with Gasteiger partial charge in [-0.15, -0.1) is 11.3 Å². The Morgan fingerprint density at radius 1 is 0.865 bits per heavy atom. The fourth-order valence-corrected chi connectivity index (χ4v) is 4.34. The number of thiazole rings is 1. The number of benzene rings is 2. The highest BCUT2D eigenvalue weighted by Gasteiger charge is 2.20.